The molecule has 170 valence electrons. The summed E-state index contributed by atoms with van der Waals surface area (Å²) in [7, 11) is 1.63. The van der Waals surface area contributed by atoms with E-state index in [0.29, 0.717) is 18.9 Å². The Morgan fingerprint density at radius 1 is 1.09 bits per heavy atom. The van der Waals surface area contributed by atoms with Crippen molar-refractivity contribution in [1.29, 1.82) is 0 Å². The minimum Gasteiger partial charge on any atom is -0.497 e. The first-order chi connectivity index (χ1) is 15.1. The maximum atomic E-state index is 12.9. The van der Waals surface area contributed by atoms with E-state index < -0.39 is 12.1 Å². The second kappa shape index (κ2) is 10.9. The molecule has 0 unspecified atom stereocenters. The number of H-pyrrole nitrogens is 1. The van der Waals surface area contributed by atoms with E-state index in [-0.39, 0.29) is 5.91 Å². The molecule has 32 heavy (non-hydrogen) atoms. The van der Waals surface area contributed by atoms with Gasteiger partial charge >= 0.3 is 12.1 Å². The van der Waals surface area contributed by atoms with Gasteiger partial charge in [-0.3, -0.25) is 9.78 Å². The van der Waals surface area contributed by atoms with Crippen molar-refractivity contribution in [3.63, 3.8) is 0 Å². The molecule has 0 aliphatic heterocycles. The predicted octanol–water partition coefficient (Wildman–Crippen LogP) is 3.60. The van der Waals surface area contributed by atoms with E-state index in [9.17, 15) is 18.0 Å². The molecule has 0 spiro atoms. The third-order valence-corrected chi connectivity index (χ3v) is 4.05. The molecule has 3 aromatic rings. The van der Waals surface area contributed by atoms with Crippen molar-refractivity contribution in [2.24, 2.45) is 0 Å². The minimum absolute atomic E-state index is 0.158. The standard InChI is InChI=1S/C19H20N4O2.C2HF3O2/c1-14-11-21-18(22-14)19(24)23(13-16-5-3-4-10-20-16)12-15-6-8-17(25-2)9-7-15;3-2(4,5)1(6)7/h3-11H,12-13H2,1-2H3,(H,21,22);(H,6,7). The fraction of sp³-hybridized carbons (Fsp3) is 0.238. The number of rotatable bonds is 6. The number of nitrogens with zero attached hydrogens (tertiary/aromatic N) is 3. The Morgan fingerprint density at radius 2 is 1.75 bits per heavy atom. The molecule has 8 nitrogen and oxygen atoms in total. The molecule has 2 heterocycles. The molecule has 0 aliphatic rings. The molecule has 1 aromatic carbocycles. The van der Waals surface area contributed by atoms with Gasteiger partial charge in [0.15, 0.2) is 5.82 Å². The number of hydrogen-bond donors (Lipinski definition) is 2. The summed E-state index contributed by atoms with van der Waals surface area (Å²) in [5, 5.41) is 7.12. The number of aliphatic carboxylic acids is 1. The van der Waals surface area contributed by atoms with E-state index >= 15 is 0 Å². The Hall–Kier alpha value is -3.89. The summed E-state index contributed by atoms with van der Waals surface area (Å²) in [5.41, 5.74) is 2.69. The van der Waals surface area contributed by atoms with Crippen molar-refractivity contribution < 1.29 is 32.6 Å². The smallest absolute Gasteiger partial charge is 0.490 e. The van der Waals surface area contributed by atoms with Crippen molar-refractivity contribution in [2.75, 3.05) is 7.11 Å². The van der Waals surface area contributed by atoms with Crippen LogP contribution in [0.2, 0.25) is 0 Å². The molecule has 2 aromatic heterocycles. The van der Waals surface area contributed by atoms with Gasteiger partial charge < -0.3 is 19.7 Å². The Labute approximate surface area is 181 Å². The molecule has 3 rings (SSSR count). The van der Waals surface area contributed by atoms with Crippen LogP contribution in [0.5, 0.6) is 5.75 Å². The number of pyridine rings is 1. The zero-order valence-corrected chi connectivity index (χ0v) is 17.3. The number of aryl methyl sites for hydroxylation is 1. The van der Waals surface area contributed by atoms with Gasteiger partial charge in [-0.1, -0.05) is 18.2 Å². The van der Waals surface area contributed by atoms with Crippen LogP contribution in [0.3, 0.4) is 0 Å². The van der Waals surface area contributed by atoms with Crippen molar-refractivity contribution in [3.05, 3.63) is 77.6 Å². The molecule has 0 radical (unpaired) electrons. The summed E-state index contributed by atoms with van der Waals surface area (Å²) in [6, 6.07) is 13.3. The number of alkyl halides is 3. The number of ether oxygens (including phenoxy) is 1. The van der Waals surface area contributed by atoms with E-state index in [0.717, 1.165) is 22.7 Å². The van der Waals surface area contributed by atoms with E-state index in [4.69, 9.17) is 14.6 Å². The summed E-state index contributed by atoms with van der Waals surface area (Å²) in [4.78, 5) is 35.0. The van der Waals surface area contributed by atoms with Gasteiger partial charge in [-0.15, -0.1) is 0 Å². The van der Waals surface area contributed by atoms with Crippen molar-refractivity contribution in [1.82, 2.24) is 19.9 Å². The van der Waals surface area contributed by atoms with Crippen LogP contribution in [0.1, 0.15) is 27.6 Å². The minimum atomic E-state index is -5.08. The van der Waals surface area contributed by atoms with E-state index in [2.05, 4.69) is 15.0 Å². The highest BCUT2D eigenvalue weighted by molar-refractivity contribution is 5.90. The number of carbonyl (C=O) groups excluding carboxylic acids is 1. The molecule has 11 heteroatoms. The molecule has 0 aliphatic carbocycles. The van der Waals surface area contributed by atoms with Gasteiger partial charge in [0.1, 0.15) is 5.75 Å². The number of methoxy groups -OCH3 is 1. The Morgan fingerprint density at radius 3 is 2.22 bits per heavy atom. The number of aromatic amines is 1. The van der Waals surface area contributed by atoms with Gasteiger partial charge in [0, 0.05) is 24.6 Å². The van der Waals surface area contributed by atoms with Gasteiger partial charge in [-0.05, 0) is 36.8 Å². The van der Waals surface area contributed by atoms with Gasteiger partial charge in [0.05, 0.1) is 19.3 Å². The van der Waals surface area contributed by atoms with Crippen molar-refractivity contribution in [3.8, 4) is 5.75 Å². The lowest BCUT2D eigenvalue weighted by atomic mass is 10.2. The molecule has 1 amide bonds. The number of carboxylic acid groups (broad SMARTS) is 1. The van der Waals surface area contributed by atoms with Crippen molar-refractivity contribution >= 4 is 11.9 Å². The number of benzene rings is 1. The SMILES string of the molecule is COc1ccc(CN(Cc2ccccn2)C(=O)c2ncc(C)[nH]2)cc1.O=C(O)C(F)(F)F. The fourth-order valence-electron chi connectivity index (χ4n) is 2.51. The average molecular weight is 450 g/mol. The van der Waals surface area contributed by atoms with Crippen molar-refractivity contribution in [2.45, 2.75) is 26.2 Å². The highest BCUT2D eigenvalue weighted by Crippen LogP contribution is 2.16. The fourth-order valence-corrected chi connectivity index (χ4v) is 2.51. The third kappa shape index (κ3) is 7.42. The summed E-state index contributed by atoms with van der Waals surface area (Å²) >= 11 is 0. The lowest BCUT2D eigenvalue weighted by molar-refractivity contribution is -0.192. The van der Waals surface area contributed by atoms with E-state index in [1.807, 2.05) is 49.4 Å². The monoisotopic (exact) mass is 450 g/mol. The van der Waals surface area contributed by atoms with E-state index in [1.165, 1.54) is 0 Å². The highest BCUT2D eigenvalue weighted by atomic mass is 19.4. The third-order valence-electron chi connectivity index (χ3n) is 4.05. The number of amides is 1. The number of aromatic nitrogens is 3. The van der Waals surface area contributed by atoms with Crippen LogP contribution in [0, 0.1) is 6.92 Å². The van der Waals surface area contributed by atoms with Crippen LogP contribution in [-0.2, 0) is 17.9 Å². The topological polar surface area (TPSA) is 108 Å². The number of nitrogens with one attached hydrogen (secondary N) is 1. The second-order valence-corrected chi connectivity index (χ2v) is 6.55. The zero-order valence-electron chi connectivity index (χ0n) is 17.3. The first kappa shape index (κ1) is 24.4. The predicted molar refractivity (Wildman–Crippen MR) is 108 cm³/mol. The number of carbonyl (C=O) groups is 2. The van der Waals surface area contributed by atoms with Gasteiger partial charge in [0.2, 0.25) is 0 Å². The quantitative estimate of drug-likeness (QED) is 0.594. The van der Waals surface area contributed by atoms with Gasteiger partial charge in [-0.25, -0.2) is 9.78 Å². The number of imidazole rings is 1. The lowest BCUT2D eigenvalue weighted by Crippen LogP contribution is -2.31. The molecule has 0 saturated carbocycles. The summed E-state index contributed by atoms with van der Waals surface area (Å²) in [6.45, 7) is 2.74. The zero-order chi connectivity index (χ0) is 23.7. The largest absolute Gasteiger partial charge is 0.497 e. The van der Waals surface area contributed by atoms with Crippen LogP contribution in [0.15, 0.2) is 54.9 Å². The van der Waals surface area contributed by atoms with Crippen LogP contribution >= 0.6 is 0 Å². The van der Waals surface area contributed by atoms with Crippen LogP contribution in [0.25, 0.3) is 0 Å². The van der Waals surface area contributed by atoms with Crippen LogP contribution in [-0.4, -0.2) is 50.1 Å². The van der Waals surface area contributed by atoms with Gasteiger partial charge in [0.25, 0.3) is 5.91 Å². The normalized spacial score (nSPS) is 10.7. The molecular weight excluding hydrogens is 429 g/mol. The van der Waals surface area contributed by atoms with E-state index in [1.54, 1.807) is 24.4 Å². The second-order valence-electron chi connectivity index (χ2n) is 6.55. The number of carboxylic acids is 1. The number of halogens is 3. The Bertz CT molecular complexity index is 1020. The molecule has 2 N–H and O–H groups in total. The Balaban J connectivity index is 0.000000451. The maximum absolute atomic E-state index is 12.9. The van der Waals surface area contributed by atoms with Crippen LogP contribution < -0.4 is 4.74 Å². The summed E-state index contributed by atoms with van der Waals surface area (Å²) in [6.07, 6.45) is -1.71. The average Bonchev–Trinajstić information content (AvgIpc) is 3.20. The maximum Gasteiger partial charge on any atom is 0.490 e. The van der Waals surface area contributed by atoms with Gasteiger partial charge in [-0.2, -0.15) is 13.2 Å². The first-order valence-corrected chi connectivity index (χ1v) is 9.24. The molecular formula is C21H21F3N4O4. The van der Waals surface area contributed by atoms with Crippen LogP contribution in [0.4, 0.5) is 13.2 Å². The molecule has 0 atom stereocenters. The molecule has 0 bridgehead atoms. The Kier molecular flexibility index (Phi) is 8.33. The highest BCUT2D eigenvalue weighted by Gasteiger charge is 2.38. The summed E-state index contributed by atoms with van der Waals surface area (Å²) < 4.78 is 36.9. The summed E-state index contributed by atoms with van der Waals surface area (Å²) in [5.74, 6) is -1.79. The lowest BCUT2D eigenvalue weighted by Gasteiger charge is -2.21. The number of hydrogen-bond acceptors (Lipinski definition) is 5. The molecule has 0 saturated heterocycles. The first-order valence-electron chi connectivity index (χ1n) is 9.24. The molecule has 0 fully saturated rings.